The predicted octanol–water partition coefficient (Wildman–Crippen LogP) is -0.122. The van der Waals surface area contributed by atoms with Gasteiger partial charge in [-0.2, -0.15) is 0 Å². The standard InChI is InChI=1S/C8H9N5O3S/c9-4-6(14)13-5(8(15)16)3(1-11-12-10)2-17-7(4)13/h4,7H,1-2,9H2,(H,15,16)/t4?,7-/m0/s1. The first kappa shape index (κ1) is 11.8. The first-order chi connectivity index (χ1) is 8.07. The van der Waals surface area contributed by atoms with Crippen LogP contribution in [0.3, 0.4) is 0 Å². The lowest BCUT2D eigenvalue weighted by Crippen LogP contribution is -2.68. The smallest absolute Gasteiger partial charge is 0.352 e. The van der Waals surface area contributed by atoms with Crippen LogP contribution < -0.4 is 5.73 Å². The molecule has 0 saturated carbocycles. The molecular formula is C8H9N5O3S. The summed E-state index contributed by atoms with van der Waals surface area (Å²) < 4.78 is 0. The van der Waals surface area contributed by atoms with Gasteiger partial charge < -0.3 is 10.8 Å². The maximum Gasteiger partial charge on any atom is 0.352 e. The second kappa shape index (κ2) is 4.28. The van der Waals surface area contributed by atoms with Gasteiger partial charge in [0.15, 0.2) is 0 Å². The number of carboxylic acid groups (broad SMARTS) is 1. The van der Waals surface area contributed by atoms with Crippen molar-refractivity contribution in [2.45, 2.75) is 11.4 Å². The Kier molecular flexibility index (Phi) is 2.97. The number of carbonyl (C=O) groups excluding carboxylic acids is 1. The van der Waals surface area contributed by atoms with Crippen LogP contribution in [0.25, 0.3) is 10.4 Å². The maximum atomic E-state index is 11.5. The van der Waals surface area contributed by atoms with Crippen LogP contribution in [0.5, 0.6) is 0 Å². The molecule has 0 aromatic rings. The normalized spacial score (nSPS) is 27.1. The molecule has 1 amide bonds. The molecular weight excluding hydrogens is 246 g/mol. The first-order valence-corrected chi connectivity index (χ1v) is 5.79. The molecule has 0 bridgehead atoms. The molecule has 0 aromatic carbocycles. The van der Waals surface area contributed by atoms with Gasteiger partial charge in [0.25, 0.3) is 0 Å². The quantitative estimate of drug-likeness (QED) is 0.314. The third-order valence-electron chi connectivity index (χ3n) is 2.62. The Hall–Kier alpha value is -1.70. The fraction of sp³-hybridized carbons (Fsp3) is 0.500. The van der Waals surface area contributed by atoms with E-state index >= 15 is 0 Å². The van der Waals surface area contributed by atoms with E-state index < -0.39 is 17.9 Å². The van der Waals surface area contributed by atoms with E-state index in [2.05, 4.69) is 10.0 Å². The molecule has 9 heteroatoms. The zero-order valence-electron chi connectivity index (χ0n) is 8.61. The second-order valence-electron chi connectivity index (χ2n) is 3.58. The van der Waals surface area contributed by atoms with Gasteiger partial charge in [-0.25, -0.2) is 4.79 Å². The van der Waals surface area contributed by atoms with Gasteiger partial charge in [0.05, 0.1) is 6.54 Å². The van der Waals surface area contributed by atoms with E-state index in [-0.39, 0.29) is 17.6 Å². The van der Waals surface area contributed by atoms with Gasteiger partial charge >= 0.3 is 5.97 Å². The topological polar surface area (TPSA) is 132 Å². The molecule has 17 heavy (non-hydrogen) atoms. The number of nitrogens with zero attached hydrogens (tertiary/aromatic N) is 4. The Labute approximate surface area is 100 Å². The molecule has 90 valence electrons. The van der Waals surface area contributed by atoms with Crippen LogP contribution in [0.1, 0.15) is 0 Å². The van der Waals surface area contributed by atoms with Crippen LogP contribution in [-0.2, 0) is 9.59 Å². The highest BCUT2D eigenvalue weighted by molar-refractivity contribution is 8.00. The summed E-state index contributed by atoms with van der Waals surface area (Å²) in [6.07, 6.45) is 0. The maximum absolute atomic E-state index is 11.5. The lowest BCUT2D eigenvalue weighted by atomic mass is 10.0. The van der Waals surface area contributed by atoms with E-state index in [0.29, 0.717) is 11.3 Å². The van der Waals surface area contributed by atoms with Crippen molar-refractivity contribution < 1.29 is 14.7 Å². The third-order valence-corrected chi connectivity index (χ3v) is 3.98. The van der Waals surface area contributed by atoms with Gasteiger partial charge in [-0.05, 0) is 11.1 Å². The van der Waals surface area contributed by atoms with Crippen LogP contribution in [0.4, 0.5) is 0 Å². The molecule has 1 saturated heterocycles. The SMILES string of the molecule is [N-]=[N+]=NCC1=C(C(=O)O)N2C(=O)C(N)[C@@H]2SC1. The van der Waals surface area contributed by atoms with E-state index in [9.17, 15) is 9.59 Å². The molecule has 2 aliphatic heterocycles. The number of fused-ring (bicyclic) bond motifs is 1. The summed E-state index contributed by atoms with van der Waals surface area (Å²) in [6.45, 7) is -0.0448. The number of carbonyl (C=O) groups is 2. The van der Waals surface area contributed by atoms with Crippen molar-refractivity contribution in [3.63, 3.8) is 0 Å². The highest BCUT2D eigenvalue weighted by Crippen LogP contribution is 2.39. The average Bonchev–Trinajstić information content (AvgIpc) is 2.33. The van der Waals surface area contributed by atoms with Gasteiger partial charge in [-0.15, -0.1) is 11.8 Å². The molecule has 2 aliphatic rings. The van der Waals surface area contributed by atoms with Crippen molar-refractivity contribution in [3.8, 4) is 0 Å². The Morgan fingerprint density at radius 2 is 2.47 bits per heavy atom. The summed E-state index contributed by atoms with van der Waals surface area (Å²) in [5.41, 5.74) is 14.2. The molecule has 0 aromatic heterocycles. The van der Waals surface area contributed by atoms with Crippen LogP contribution in [0.15, 0.2) is 16.4 Å². The Balaban J connectivity index is 2.36. The van der Waals surface area contributed by atoms with Gasteiger partial charge in [-0.1, -0.05) is 5.11 Å². The zero-order valence-corrected chi connectivity index (χ0v) is 9.42. The molecule has 1 fully saturated rings. The number of hydrogen-bond donors (Lipinski definition) is 2. The summed E-state index contributed by atoms with van der Waals surface area (Å²) in [7, 11) is 0. The average molecular weight is 255 g/mol. The Bertz CT molecular complexity index is 470. The van der Waals surface area contributed by atoms with E-state index in [1.165, 1.54) is 16.7 Å². The van der Waals surface area contributed by atoms with Crippen molar-refractivity contribution in [2.75, 3.05) is 12.3 Å². The van der Waals surface area contributed by atoms with Gasteiger partial charge in [0, 0.05) is 10.7 Å². The highest BCUT2D eigenvalue weighted by atomic mass is 32.2. The number of rotatable bonds is 3. The molecule has 8 nitrogen and oxygen atoms in total. The molecule has 0 spiro atoms. The number of aliphatic carboxylic acids is 1. The zero-order chi connectivity index (χ0) is 12.6. The van der Waals surface area contributed by atoms with Crippen molar-refractivity contribution in [1.29, 1.82) is 0 Å². The summed E-state index contributed by atoms with van der Waals surface area (Å²) >= 11 is 1.38. The number of hydrogen-bond acceptors (Lipinski definition) is 5. The minimum absolute atomic E-state index is 0.0448. The lowest BCUT2D eigenvalue weighted by molar-refractivity contribution is -0.147. The molecule has 3 N–H and O–H groups in total. The Morgan fingerprint density at radius 1 is 1.76 bits per heavy atom. The van der Waals surface area contributed by atoms with Crippen LogP contribution in [0.2, 0.25) is 0 Å². The molecule has 0 aliphatic carbocycles. The summed E-state index contributed by atoms with van der Waals surface area (Å²) in [5.74, 6) is -1.19. The lowest BCUT2D eigenvalue weighted by Gasteiger charge is -2.47. The van der Waals surface area contributed by atoms with Crippen LogP contribution >= 0.6 is 11.8 Å². The van der Waals surface area contributed by atoms with Crippen molar-refractivity contribution in [2.24, 2.45) is 10.8 Å². The van der Waals surface area contributed by atoms with E-state index in [4.69, 9.17) is 16.4 Å². The summed E-state index contributed by atoms with van der Waals surface area (Å²) in [6, 6.07) is -0.643. The number of carboxylic acids is 1. The number of amides is 1. The molecule has 2 rings (SSSR count). The number of nitrogens with two attached hydrogens (primary N) is 1. The molecule has 2 heterocycles. The highest BCUT2D eigenvalue weighted by Gasteiger charge is 2.51. The van der Waals surface area contributed by atoms with Crippen LogP contribution in [-0.4, -0.2) is 45.6 Å². The van der Waals surface area contributed by atoms with E-state index in [0.717, 1.165) is 0 Å². The van der Waals surface area contributed by atoms with Crippen molar-refractivity contribution >= 4 is 23.6 Å². The second-order valence-corrected chi connectivity index (χ2v) is 4.69. The van der Waals surface area contributed by atoms with Crippen molar-refractivity contribution in [3.05, 3.63) is 21.7 Å². The van der Waals surface area contributed by atoms with E-state index in [1.54, 1.807) is 0 Å². The number of azide groups is 1. The first-order valence-electron chi connectivity index (χ1n) is 4.74. The molecule has 0 radical (unpaired) electrons. The number of β-lactam (4-membered cyclic amide) rings is 1. The predicted molar refractivity (Wildman–Crippen MR) is 59.7 cm³/mol. The summed E-state index contributed by atoms with van der Waals surface area (Å²) in [4.78, 5) is 26.4. The Morgan fingerprint density at radius 3 is 3.06 bits per heavy atom. The summed E-state index contributed by atoms with van der Waals surface area (Å²) in [5, 5.41) is 12.1. The fourth-order valence-electron chi connectivity index (χ4n) is 1.82. The molecule has 2 atom stereocenters. The van der Waals surface area contributed by atoms with E-state index in [1.807, 2.05) is 0 Å². The largest absolute Gasteiger partial charge is 0.477 e. The minimum Gasteiger partial charge on any atom is -0.477 e. The van der Waals surface area contributed by atoms with Gasteiger partial charge in [0.2, 0.25) is 5.91 Å². The minimum atomic E-state index is -1.20. The fourth-order valence-corrected chi connectivity index (χ4v) is 3.10. The number of thioether (sulfide) groups is 1. The van der Waals surface area contributed by atoms with Crippen molar-refractivity contribution in [1.82, 2.24) is 4.90 Å². The van der Waals surface area contributed by atoms with Gasteiger partial charge in [0.1, 0.15) is 17.1 Å². The van der Waals surface area contributed by atoms with Crippen LogP contribution in [0, 0.1) is 0 Å². The molecule has 1 unspecified atom stereocenters. The monoisotopic (exact) mass is 255 g/mol. The van der Waals surface area contributed by atoms with Gasteiger partial charge in [-0.3, -0.25) is 9.69 Å². The third kappa shape index (κ3) is 1.74.